The Morgan fingerprint density at radius 3 is 2.28 bits per heavy atom. The summed E-state index contributed by atoms with van der Waals surface area (Å²) in [5.41, 5.74) is 0.00650. The fourth-order valence-electron chi connectivity index (χ4n) is 4.90. The van der Waals surface area contributed by atoms with Gasteiger partial charge in [0.1, 0.15) is 29.5 Å². The number of amides is 2. The van der Waals surface area contributed by atoms with Crippen LogP contribution in [-0.2, 0) is 19.1 Å². The van der Waals surface area contributed by atoms with Gasteiger partial charge in [0.15, 0.2) is 5.82 Å². The lowest BCUT2D eigenvalue weighted by Crippen LogP contribution is -2.57. The predicted octanol–water partition coefficient (Wildman–Crippen LogP) is 4.77. The summed E-state index contributed by atoms with van der Waals surface area (Å²) >= 11 is 0. The smallest absolute Gasteiger partial charge is 0.408 e. The fraction of sp³-hybridized carbons (Fsp3) is 0.469. The molecule has 1 aliphatic rings. The van der Waals surface area contributed by atoms with E-state index in [2.05, 4.69) is 5.32 Å². The summed E-state index contributed by atoms with van der Waals surface area (Å²) in [6.07, 6.45) is -1.17. The Bertz CT molecular complexity index is 1480. The molecule has 1 aliphatic heterocycles. The highest BCUT2D eigenvalue weighted by atomic mass is 16.6. The maximum absolute atomic E-state index is 14.0. The average molecular weight is 593 g/mol. The van der Waals surface area contributed by atoms with Crippen LogP contribution in [0.25, 0.3) is 22.3 Å². The zero-order chi connectivity index (χ0) is 31.5. The third-order valence-electron chi connectivity index (χ3n) is 6.97. The maximum Gasteiger partial charge on any atom is 0.408 e. The van der Waals surface area contributed by atoms with Gasteiger partial charge in [0, 0.05) is 12.0 Å². The van der Waals surface area contributed by atoms with Crippen molar-refractivity contribution in [3.8, 4) is 23.0 Å². The molecular formula is C32H40N4O7. The topological polar surface area (TPSA) is 129 Å². The number of benzene rings is 2. The van der Waals surface area contributed by atoms with Crippen molar-refractivity contribution in [1.82, 2.24) is 20.2 Å². The largest absolute Gasteiger partial charge is 0.497 e. The number of hydrogen-bond donors (Lipinski definition) is 1. The highest BCUT2D eigenvalue weighted by Crippen LogP contribution is 2.33. The Morgan fingerprint density at radius 2 is 1.67 bits per heavy atom. The van der Waals surface area contributed by atoms with E-state index in [0.29, 0.717) is 28.4 Å². The summed E-state index contributed by atoms with van der Waals surface area (Å²) in [6, 6.07) is 13.0. The van der Waals surface area contributed by atoms with E-state index in [1.54, 1.807) is 40.0 Å². The summed E-state index contributed by atoms with van der Waals surface area (Å²) in [5.74, 6) is 0.343. The van der Waals surface area contributed by atoms with Crippen molar-refractivity contribution in [2.45, 2.75) is 71.8 Å². The molecule has 0 bridgehead atoms. The Kier molecular flexibility index (Phi) is 9.12. The van der Waals surface area contributed by atoms with Crippen LogP contribution in [-0.4, -0.2) is 77.4 Å². The van der Waals surface area contributed by atoms with Gasteiger partial charge in [0.05, 0.1) is 31.7 Å². The van der Waals surface area contributed by atoms with E-state index in [9.17, 15) is 14.4 Å². The Labute approximate surface area is 251 Å². The van der Waals surface area contributed by atoms with Gasteiger partial charge in [-0.05, 0) is 44.4 Å². The van der Waals surface area contributed by atoms with Crippen LogP contribution in [0.1, 0.15) is 48.0 Å². The molecule has 1 N–H and O–H groups in total. The van der Waals surface area contributed by atoms with Crippen LogP contribution in [0, 0.1) is 5.41 Å². The van der Waals surface area contributed by atoms with E-state index < -0.39 is 47.2 Å². The number of esters is 1. The van der Waals surface area contributed by atoms with E-state index >= 15 is 0 Å². The SMILES string of the molecule is COC(=O)C1C[C@@H](Oc2nc(-c3ccccc3)nc3ccc(OC)cc23)CN1C(=O)C(NC(=O)OC(C)(C)C)C(C)(C)C. The van der Waals surface area contributed by atoms with Crippen molar-refractivity contribution >= 4 is 28.9 Å². The second kappa shape index (κ2) is 12.4. The quantitative estimate of drug-likeness (QED) is 0.386. The molecule has 1 aromatic heterocycles. The van der Waals surface area contributed by atoms with Gasteiger partial charge in [0.2, 0.25) is 11.8 Å². The normalized spacial score (nSPS) is 17.7. The molecule has 2 aromatic carbocycles. The van der Waals surface area contributed by atoms with E-state index in [4.69, 9.17) is 28.9 Å². The van der Waals surface area contributed by atoms with Gasteiger partial charge < -0.3 is 29.2 Å². The number of nitrogens with one attached hydrogen (secondary N) is 1. The van der Waals surface area contributed by atoms with Gasteiger partial charge in [-0.1, -0.05) is 51.1 Å². The number of alkyl carbamates (subject to hydrolysis) is 1. The van der Waals surface area contributed by atoms with E-state index in [-0.39, 0.29) is 13.0 Å². The van der Waals surface area contributed by atoms with Gasteiger partial charge in [0.25, 0.3) is 0 Å². The molecule has 0 aliphatic carbocycles. The first-order valence-electron chi connectivity index (χ1n) is 14.2. The van der Waals surface area contributed by atoms with Gasteiger partial charge in [-0.25, -0.2) is 14.6 Å². The standard InChI is InChI=1S/C32H40N4O7/c1-31(2,3)25(34-30(39)43-32(4,5)6)28(37)36-18-21(17-24(36)29(38)41-8)42-27-22-16-20(40-7)14-15-23(22)33-26(35-27)19-12-10-9-11-13-19/h9-16,21,24-25H,17-18H2,1-8H3,(H,34,39)/t21-,24?,25?/m1/s1. The molecule has 1 fully saturated rings. The molecule has 2 unspecified atom stereocenters. The van der Waals surface area contributed by atoms with Crippen LogP contribution >= 0.6 is 0 Å². The molecule has 43 heavy (non-hydrogen) atoms. The summed E-state index contributed by atoms with van der Waals surface area (Å²) in [7, 11) is 2.84. The molecule has 0 spiro atoms. The lowest BCUT2D eigenvalue weighted by molar-refractivity contribution is -0.152. The number of nitrogens with zero attached hydrogens (tertiary/aromatic N) is 3. The number of carbonyl (C=O) groups is 3. The van der Waals surface area contributed by atoms with Crippen molar-refractivity contribution < 1.29 is 33.3 Å². The maximum atomic E-state index is 14.0. The van der Waals surface area contributed by atoms with Crippen molar-refractivity contribution in [2.24, 2.45) is 5.41 Å². The third kappa shape index (κ3) is 7.52. The summed E-state index contributed by atoms with van der Waals surface area (Å²) in [5, 5.41) is 3.34. The van der Waals surface area contributed by atoms with E-state index in [1.165, 1.54) is 12.0 Å². The molecule has 3 atom stereocenters. The first-order valence-corrected chi connectivity index (χ1v) is 14.2. The van der Waals surface area contributed by atoms with Gasteiger partial charge >= 0.3 is 12.1 Å². The lowest BCUT2D eigenvalue weighted by Gasteiger charge is -2.35. The van der Waals surface area contributed by atoms with Gasteiger partial charge in [-0.15, -0.1) is 0 Å². The summed E-state index contributed by atoms with van der Waals surface area (Å²) in [4.78, 5) is 50.5. The van der Waals surface area contributed by atoms with Crippen LogP contribution < -0.4 is 14.8 Å². The molecule has 11 heteroatoms. The van der Waals surface area contributed by atoms with Crippen molar-refractivity contribution in [3.05, 3.63) is 48.5 Å². The van der Waals surface area contributed by atoms with Gasteiger partial charge in [-0.3, -0.25) is 4.79 Å². The highest BCUT2D eigenvalue weighted by molar-refractivity contribution is 5.91. The minimum absolute atomic E-state index is 0.0668. The minimum atomic E-state index is -0.984. The van der Waals surface area contributed by atoms with Crippen molar-refractivity contribution in [3.63, 3.8) is 0 Å². The number of likely N-dealkylation sites (tertiary alicyclic amines) is 1. The number of carbonyl (C=O) groups excluding carboxylic acids is 3. The third-order valence-corrected chi connectivity index (χ3v) is 6.97. The Hall–Kier alpha value is -4.41. The molecule has 4 rings (SSSR count). The minimum Gasteiger partial charge on any atom is -0.497 e. The lowest BCUT2D eigenvalue weighted by atomic mass is 9.85. The first kappa shape index (κ1) is 31.5. The van der Waals surface area contributed by atoms with Gasteiger partial charge in [-0.2, -0.15) is 4.98 Å². The van der Waals surface area contributed by atoms with Crippen molar-refractivity contribution in [1.29, 1.82) is 0 Å². The molecule has 11 nitrogen and oxygen atoms in total. The van der Waals surface area contributed by atoms with E-state index in [0.717, 1.165) is 5.56 Å². The zero-order valence-electron chi connectivity index (χ0n) is 26.0. The molecule has 230 valence electrons. The van der Waals surface area contributed by atoms with Crippen LogP contribution in [0.3, 0.4) is 0 Å². The monoisotopic (exact) mass is 592 g/mol. The first-order chi connectivity index (χ1) is 20.2. The molecular weight excluding hydrogens is 552 g/mol. The molecule has 3 aromatic rings. The number of aromatic nitrogens is 2. The molecule has 2 heterocycles. The average Bonchev–Trinajstić information content (AvgIpc) is 3.37. The molecule has 2 amide bonds. The van der Waals surface area contributed by atoms with Crippen LogP contribution in [0.2, 0.25) is 0 Å². The summed E-state index contributed by atoms with van der Waals surface area (Å²) in [6.45, 7) is 10.8. The predicted molar refractivity (Wildman–Crippen MR) is 161 cm³/mol. The van der Waals surface area contributed by atoms with Crippen LogP contribution in [0.5, 0.6) is 11.6 Å². The van der Waals surface area contributed by atoms with Crippen LogP contribution in [0.15, 0.2) is 48.5 Å². The number of fused-ring (bicyclic) bond motifs is 1. The van der Waals surface area contributed by atoms with E-state index in [1.807, 2.05) is 57.2 Å². The highest BCUT2D eigenvalue weighted by Gasteiger charge is 2.46. The Morgan fingerprint density at radius 1 is 0.977 bits per heavy atom. The number of ether oxygens (including phenoxy) is 4. The zero-order valence-corrected chi connectivity index (χ0v) is 26.0. The number of hydrogen-bond acceptors (Lipinski definition) is 9. The molecule has 1 saturated heterocycles. The summed E-state index contributed by atoms with van der Waals surface area (Å²) < 4.78 is 22.3. The van der Waals surface area contributed by atoms with Crippen molar-refractivity contribution in [2.75, 3.05) is 20.8 Å². The second-order valence-corrected chi connectivity index (χ2v) is 12.6. The van der Waals surface area contributed by atoms with Crippen LogP contribution in [0.4, 0.5) is 4.79 Å². The Balaban J connectivity index is 1.67. The molecule has 0 saturated carbocycles. The number of methoxy groups -OCH3 is 2. The molecule has 0 radical (unpaired) electrons. The fourth-order valence-corrected chi connectivity index (χ4v) is 4.90. The number of rotatable bonds is 7. The second-order valence-electron chi connectivity index (χ2n) is 12.6.